The number of hydrogen-bond donors (Lipinski definition) is 1. The Morgan fingerprint density at radius 2 is 1.66 bits per heavy atom. The molecular formula is C22H27FN2O4. The molecule has 7 heteroatoms. The van der Waals surface area contributed by atoms with Gasteiger partial charge in [-0.05, 0) is 48.7 Å². The van der Waals surface area contributed by atoms with E-state index in [0.29, 0.717) is 24.5 Å². The zero-order valence-electron chi connectivity index (χ0n) is 17.2. The Morgan fingerprint density at radius 1 is 1.03 bits per heavy atom. The highest BCUT2D eigenvalue weighted by atomic mass is 19.1. The van der Waals surface area contributed by atoms with E-state index in [2.05, 4.69) is 5.32 Å². The van der Waals surface area contributed by atoms with Gasteiger partial charge < -0.3 is 19.7 Å². The molecule has 0 aliphatic carbocycles. The smallest absolute Gasteiger partial charge is 0.242 e. The number of hydrogen-bond acceptors (Lipinski definition) is 4. The van der Waals surface area contributed by atoms with Crippen molar-refractivity contribution in [2.45, 2.75) is 32.9 Å². The van der Waals surface area contributed by atoms with Crippen LogP contribution in [-0.4, -0.2) is 43.5 Å². The molecule has 0 fully saturated rings. The largest absolute Gasteiger partial charge is 0.493 e. The fourth-order valence-corrected chi connectivity index (χ4v) is 2.96. The number of nitrogens with zero attached hydrogens (tertiary/aromatic N) is 1. The van der Waals surface area contributed by atoms with Crippen molar-refractivity contribution < 1.29 is 23.5 Å². The first-order valence-electron chi connectivity index (χ1n) is 9.36. The van der Waals surface area contributed by atoms with Crippen LogP contribution in [0, 0.1) is 5.82 Å². The maximum atomic E-state index is 13.1. The third-order valence-corrected chi connectivity index (χ3v) is 4.68. The molecule has 0 heterocycles. The van der Waals surface area contributed by atoms with Crippen LogP contribution in [0.1, 0.15) is 25.0 Å². The second kappa shape index (κ2) is 10.5. The lowest BCUT2D eigenvalue weighted by atomic mass is 10.1. The highest BCUT2D eigenvalue weighted by molar-refractivity contribution is 5.86. The summed E-state index contributed by atoms with van der Waals surface area (Å²) in [5, 5.41) is 2.86. The SMILES string of the molecule is COc1ccc(CCNC(=O)[C@H](C)N(Cc2ccc(F)cc2)C(C)=O)cc1OC. The van der Waals surface area contributed by atoms with Gasteiger partial charge >= 0.3 is 0 Å². The highest BCUT2D eigenvalue weighted by Crippen LogP contribution is 2.27. The lowest BCUT2D eigenvalue weighted by Gasteiger charge is -2.27. The highest BCUT2D eigenvalue weighted by Gasteiger charge is 2.23. The molecule has 29 heavy (non-hydrogen) atoms. The number of carbonyl (C=O) groups is 2. The number of ether oxygens (including phenoxy) is 2. The molecule has 0 spiro atoms. The van der Waals surface area contributed by atoms with E-state index in [1.807, 2.05) is 18.2 Å². The summed E-state index contributed by atoms with van der Waals surface area (Å²) >= 11 is 0. The molecule has 0 aromatic heterocycles. The topological polar surface area (TPSA) is 67.9 Å². The molecule has 1 N–H and O–H groups in total. The molecule has 156 valence electrons. The van der Waals surface area contributed by atoms with Gasteiger partial charge in [0.15, 0.2) is 11.5 Å². The Bertz CT molecular complexity index is 839. The number of carbonyl (C=O) groups excluding carboxylic acids is 2. The molecule has 0 saturated carbocycles. The zero-order valence-corrected chi connectivity index (χ0v) is 17.2. The van der Waals surface area contributed by atoms with Gasteiger partial charge in [-0.15, -0.1) is 0 Å². The van der Waals surface area contributed by atoms with Gasteiger partial charge in [0.2, 0.25) is 11.8 Å². The summed E-state index contributed by atoms with van der Waals surface area (Å²) < 4.78 is 23.6. The average molecular weight is 402 g/mol. The van der Waals surface area contributed by atoms with Crippen molar-refractivity contribution in [3.05, 3.63) is 59.4 Å². The molecule has 2 aromatic carbocycles. The van der Waals surface area contributed by atoms with Gasteiger partial charge in [-0.2, -0.15) is 0 Å². The van der Waals surface area contributed by atoms with Crippen molar-refractivity contribution >= 4 is 11.8 Å². The zero-order chi connectivity index (χ0) is 21.4. The van der Waals surface area contributed by atoms with E-state index in [0.717, 1.165) is 11.1 Å². The Balaban J connectivity index is 1.94. The predicted molar refractivity (Wildman–Crippen MR) is 108 cm³/mol. The minimum absolute atomic E-state index is 0.225. The lowest BCUT2D eigenvalue weighted by Crippen LogP contribution is -2.47. The van der Waals surface area contributed by atoms with E-state index >= 15 is 0 Å². The third kappa shape index (κ3) is 6.20. The van der Waals surface area contributed by atoms with Gasteiger partial charge in [0.1, 0.15) is 11.9 Å². The first-order chi connectivity index (χ1) is 13.8. The van der Waals surface area contributed by atoms with E-state index < -0.39 is 6.04 Å². The fourth-order valence-electron chi connectivity index (χ4n) is 2.96. The third-order valence-electron chi connectivity index (χ3n) is 4.68. The van der Waals surface area contributed by atoms with Crippen molar-refractivity contribution in [1.82, 2.24) is 10.2 Å². The van der Waals surface area contributed by atoms with E-state index in [1.165, 1.54) is 24.0 Å². The van der Waals surface area contributed by atoms with Crippen LogP contribution in [0.25, 0.3) is 0 Å². The molecule has 0 bridgehead atoms. The molecule has 0 unspecified atom stereocenters. The van der Waals surface area contributed by atoms with Crippen LogP contribution in [0.5, 0.6) is 11.5 Å². The normalized spacial score (nSPS) is 11.5. The number of halogens is 1. The van der Waals surface area contributed by atoms with E-state index in [9.17, 15) is 14.0 Å². The maximum Gasteiger partial charge on any atom is 0.242 e. The Labute approximate surface area is 170 Å². The molecule has 6 nitrogen and oxygen atoms in total. The number of rotatable bonds is 9. The summed E-state index contributed by atoms with van der Waals surface area (Å²) in [7, 11) is 3.15. The van der Waals surface area contributed by atoms with Gasteiger partial charge in [0.05, 0.1) is 14.2 Å². The minimum atomic E-state index is -0.650. The molecule has 2 aromatic rings. The van der Waals surface area contributed by atoms with Crippen LogP contribution < -0.4 is 14.8 Å². The Kier molecular flexibility index (Phi) is 8.00. The van der Waals surface area contributed by atoms with Crippen molar-refractivity contribution in [1.29, 1.82) is 0 Å². The standard InChI is InChI=1S/C22H27FN2O4/c1-15(25(16(2)26)14-18-5-8-19(23)9-6-18)22(27)24-12-11-17-7-10-20(28-3)21(13-17)29-4/h5-10,13,15H,11-12,14H2,1-4H3,(H,24,27)/t15-/m0/s1. The minimum Gasteiger partial charge on any atom is -0.493 e. The second-order valence-corrected chi connectivity index (χ2v) is 6.68. The molecule has 0 aliphatic rings. The first-order valence-corrected chi connectivity index (χ1v) is 9.36. The van der Waals surface area contributed by atoms with Gasteiger partial charge in [-0.3, -0.25) is 9.59 Å². The molecular weight excluding hydrogens is 375 g/mol. The number of nitrogens with one attached hydrogen (secondary N) is 1. The number of methoxy groups -OCH3 is 2. The molecule has 0 aliphatic heterocycles. The van der Waals surface area contributed by atoms with Crippen LogP contribution in [0.2, 0.25) is 0 Å². The second-order valence-electron chi connectivity index (χ2n) is 6.68. The van der Waals surface area contributed by atoms with Crippen LogP contribution >= 0.6 is 0 Å². The van der Waals surface area contributed by atoms with Crippen molar-refractivity contribution in [3.63, 3.8) is 0 Å². The van der Waals surface area contributed by atoms with Gasteiger partial charge in [0.25, 0.3) is 0 Å². The Morgan fingerprint density at radius 3 is 2.24 bits per heavy atom. The van der Waals surface area contributed by atoms with Crippen molar-refractivity contribution in [2.24, 2.45) is 0 Å². The molecule has 2 amide bonds. The van der Waals surface area contributed by atoms with Crippen LogP contribution in [-0.2, 0) is 22.6 Å². The summed E-state index contributed by atoms with van der Waals surface area (Å²) in [6.07, 6.45) is 0.608. The quantitative estimate of drug-likeness (QED) is 0.700. The van der Waals surface area contributed by atoms with Gasteiger partial charge in [-0.25, -0.2) is 4.39 Å². The molecule has 2 rings (SSSR count). The number of amides is 2. The summed E-state index contributed by atoms with van der Waals surface area (Å²) in [6.45, 7) is 3.74. The summed E-state index contributed by atoms with van der Waals surface area (Å²) in [5.74, 6) is 0.460. The maximum absolute atomic E-state index is 13.1. The van der Waals surface area contributed by atoms with Crippen molar-refractivity contribution in [3.8, 4) is 11.5 Å². The molecule has 1 atom stereocenters. The van der Waals surface area contributed by atoms with Crippen LogP contribution in [0.3, 0.4) is 0 Å². The average Bonchev–Trinajstić information content (AvgIpc) is 2.72. The number of benzene rings is 2. The van der Waals surface area contributed by atoms with E-state index in [1.54, 1.807) is 33.3 Å². The van der Waals surface area contributed by atoms with E-state index in [4.69, 9.17) is 9.47 Å². The summed E-state index contributed by atoms with van der Waals surface area (Å²) in [6, 6.07) is 10.8. The first kappa shape index (κ1) is 22.2. The molecule has 0 saturated heterocycles. The monoisotopic (exact) mass is 402 g/mol. The van der Waals surface area contributed by atoms with Crippen molar-refractivity contribution in [2.75, 3.05) is 20.8 Å². The lowest BCUT2D eigenvalue weighted by molar-refractivity contribution is -0.138. The van der Waals surface area contributed by atoms with Gasteiger partial charge in [-0.1, -0.05) is 18.2 Å². The van der Waals surface area contributed by atoms with Crippen LogP contribution in [0.4, 0.5) is 4.39 Å². The van der Waals surface area contributed by atoms with Gasteiger partial charge in [0, 0.05) is 20.0 Å². The fraction of sp³-hybridized carbons (Fsp3) is 0.364. The van der Waals surface area contributed by atoms with E-state index in [-0.39, 0.29) is 24.2 Å². The summed E-state index contributed by atoms with van der Waals surface area (Å²) in [4.78, 5) is 26.0. The summed E-state index contributed by atoms with van der Waals surface area (Å²) in [5.41, 5.74) is 1.75. The van der Waals surface area contributed by atoms with Crippen LogP contribution in [0.15, 0.2) is 42.5 Å². The molecule has 0 radical (unpaired) electrons. The predicted octanol–water partition coefficient (Wildman–Crippen LogP) is 2.94. The Hall–Kier alpha value is -3.09.